The fourth-order valence-electron chi connectivity index (χ4n) is 2.37. The Kier molecular flexibility index (Phi) is 3.45. The molecule has 104 valence electrons. The Morgan fingerprint density at radius 2 is 2.00 bits per heavy atom. The van der Waals surface area contributed by atoms with Gasteiger partial charge in [-0.3, -0.25) is 4.79 Å². The average Bonchev–Trinajstić information content (AvgIpc) is 2.97. The number of rotatable bonds is 2. The van der Waals surface area contributed by atoms with E-state index in [1.165, 1.54) is 23.2 Å². The van der Waals surface area contributed by atoms with Gasteiger partial charge < -0.3 is 4.90 Å². The molecule has 0 radical (unpaired) electrons. The van der Waals surface area contributed by atoms with Crippen molar-refractivity contribution in [2.45, 2.75) is 19.3 Å². The quantitative estimate of drug-likeness (QED) is 0.842. The molecule has 2 aromatic rings. The van der Waals surface area contributed by atoms with Crippen LogP contribution in [-0.2, 0) is 0 Å². The Hall–Kier alpha value is -2.24. The molecule has 1 aromatic carbocycles. The van der Waals surface area contributed by atoms with Crippen LogP contribution in [0, 0.1) is 5.82 Å². The molecule has 0 atom stereocenters. The van der Waals surface area contributed by atoms with Crippen molar-refractivity contribution in [1.82, 2.24) is 19.9 Å². The maximum absolute atomic E-state index is 13.2. The number of aromatic nitrogens is 3. The van der Waals surface area contributed by atoms with E-state index in [2.05, 4.69) is 10.3 Å². The molecule has 0 saturated carbocycles. The van der Waals surface area contributed by atoms with Crippen molar-refractivity contribution in [3.05, 3.63) is 42.0 Å². The molecule has 1 fully saturated rings. The fourth-order valence-corrected chi connectivity index (χ4v) is 2.37. The Labute approximate surface area is 116 Å². The molecule has 0 N–H and O–H groups in total. The standard InChI is InChI=1S/C14H15FN4O/c15-11-5-4-6-12(9-11)19-10-13(16-17-19)14(20)18-7-2-1-3-8-18/h4-6,9-10H,1-3,7-8H2. The third-order valence-corrected chi connectivity index (χ3v) is 3.43. The number of amides is 1. The van der Waals surface area contributed by atoms with Crippen LogP contribution in [0.2, 0.25) is 0 Å². The lowest BCUT2D eigenvalue weighted by atomic mass is 10.1. The molecule has 0 bridgehead atoms. The summed E-state index contributed by atoms with van der Waals surface area (Å²) in [6, 6.07) is 6.02. The predicted molar refractivity (Wildman–Crippen MR) is 71.1 cm³/mol. The Balaban J connectivity index is 1.81. The van der Waals surface area contributed by atoms with Gasteiger partial charge in [-0.1, -0.05) is 11.3 Å². The second kappa shape index (κ2) is 5.40. The highest BCUT2D eigenvalue weighted by molar-refractivity contribution is 5.92. The van der Waals surface area contributed by atoms with Crippen LogP contribution in [0.3, 0.4) is 0 Å². The van der Waals surface area contributed by atoms with Crippen molar-refractivity contribution in [2.24, 2.45) is 0 Å². The molecule has 6 heteroatoms. The highest BCUT2D eigenvalue weighted by Crippen LogP contribution is 2.13. The van der Waals surface area contributed by atoms with Gasteiger partial charge in [-0.05, 0) is 37.5 Å². The van der Waals surface area contributed by atoms with Crippen molar-refractivity contribution in [1.29, 1.82) is 0 Å². The molecule has 2 heterocycles. The molecule has 1 amide bonds. The largest absolute Gasteiger partial charge is 0.337 e. The molecule has 1 aromatic heterocycles. The summed E-state index contributed by atoms with van der Waals surface area (Å²) in [5, 5.41) is 7.79. The first-order valence-corrected chi connectivity index (χ1v) is 6.71. The van der Waals surface area contributed by atoms with Crippen molar-refractivity contribution < 1.29 is 9.18 Å². The van der Waals surface area contributed by atoms with Crippen LogP contribution in [0.4, 0.5) is 4.39 Å². The van der Waals surface area contributed by atoms with Gasteiger partial charge in [-0.15, -0.1) is 5.10 Å². The Bertz CT molecular complexity index is 619. The molecule has 0 unspecified atom stereocenters. The zero-order chi connectivity index (χ0) is 13.9. The lowest BCUT2D eigenvalue weighted by molar-refractivity contribution is 0.0718. The monoisotopic (exact) mass is 274 g/mol. The highest BCUT2D eigenvalue weighted by atomic mass is 19.1. The second-order valence-electron chi connectivity index (χ2n) is 4.88. The van der Waals surface area contributed by atoms with E-state index < -0.39 is 0 Å². The van der Waals surface area contributed by atoms with E-state index >= 15 is 0 Å². The van der Waals surface area contributed by atoms with Gasteiger partial charge in [0, 0.05) is 13.1 Å². The molecule has 0 aliphatic carbocycles. The van der Waals surface area contributed by atoms with E-state index in [-0.39, 0.29) is 11.7 Å². The van der Waals surface area contributed by atoms with Crippen LogP contribution < -0.4 is 0 Å². The third kappa shape index (κ3) is 2.54. The third-order valence-electron chi connectivity index (χ3n) is 3.43. The Morgan fingerprint density at radius 3 is 2.75 bits per heavy atom. The van der Waals surface area contributed by atoms with Crippen LogP contribution in [0.25, 0.3) is 5.69 Å². The summed E-state index contributed by atoms with van der Waals surface area (Å²) in [6.07, 6.45) is 4.78. The van der Waals surface area contributed by atoms with Gasteiger partial charge in [-0.2, -0.15) is 0 Å². The number of carbonyl (C=O) groups is 1. The first kappa shape index (κ1) is 12.8. The highest BCUT2D eigenvalue weighted by Gasteiger charge is 2.21. The summed E-state index contributed by atoms with van der Waals surface area (Å²) in [7, 11) is 0. The zero-order valence-electron chi connectivity index (χ0n) is 11.0. The van der Waals surface area contributed by atoms with Gasteiger partial charge in [0.1, 0.15) is 5.82 Å². The normalized spacial score (nSPS) is 15.3. The van der Waals surface area contributed by atoms with Gasteiger partial charge in [0.2, 0.25) is 0 Å². The molecule has 0 spiro atoms. The molecular formula is C14H15FN4O. The smallest absolute Gasteiger partial charge is 0.276 e. The van der Waals surface area contributed by atoms with Crippen molar-refractivity contribution in [3.63, 3.8) is 0 Å². The molecule has 20 heavy (non-hydrogen) atoms. The maximum atomic E-state index is 13.2. The number of piperidine rings is 1. The number of hydrogen-bond donors (Lipinski definition) is 0. The summed E-state index contributed by atoms with van der Waals surface area (Å²) in [4.78, 5) is 14.0. The second-order valence-corrected chi connectivity index (χ2v) is 4.88. The summed E-state index contributed by atoms with van der Waals surface area (Å²) < 4.78 is 14.6. The van der Waals surface area contributed by atoms with Crippen molar-refractivity contribution in [3.8, 4) is 5.69 Å². The first-order chi connectivity index (χ1) is 9.74. The van der Waals surface area contributed by atoms with Crippen LogP contribution in [0.5, 0.6) is 0 Å². The summed E-state index contributed by atoms with van der Waals surface area (Å²) in [6.45, 7) is 1.54. The van der Waals surface area contributed by atoms with Gasteiger partial charge in [0.15, 0.2) is 5.69 Å². The summed E-state index contributed by atoms with van der Waals surface area (Å²) in [5.74, 6) is -0.450. The number of nitrogens with zero attached hydrogens (tertiary/aromatic N) is 4. The molecule has 3 rings (SSSR count). The van der Waals surface area contributed by atoms with Crippen LogP contribution >= 0.6 is 0 Å². The van der Waals surface area contributed by atoms with Crippen molar-refractivity contribution in [2.75, 3.05) is 13.1 Å². The maximum Gasteiger partial charge on any atom is 0.276 e. The van der Waals surface area contributed by atoms with Crippen LogP contribution in [-0.4, -0.2) is 38.9 Å². The van der Waals surface area contributed by atoms with Crippen molar-refractivity contribution >= 4 is 5.91 Å². The minimum absolute atomic E-state index is 0.104. The van der Waals surface area contributed by atoms with E-state index in [1.54, 1.807) is 23.2 Å². The fraction of sp³-hybridized carbons (Fsp3) is 0.357. The lowest BCUT2D eigenvalue weighted by Gasteiger charge is -2.25. The molecule has 1 saturated heterocycles. The zero-order valence-corrected chi connectivity index (χ0v) is 11.0. The lowest BCUT2D eigenvalue weighted by Crippen LogP contribution is -2.35. The van der Waals surface area contributed by atoms with E-state index in [0.29, 0.717) is 11.4 Å². The SMILES string of the molecule is O=C(c1cn(-c2cccc(F)c2)nn1)N1CCCCC1. The number of likely N-dealkylation sites (tertiary alicyclic amines) is 1. The number of benzene rings is 1. The number of hydrogen-bond acceptors (Lipinski definition) is 3. The predicted octanol–water partition coefficient (Wildman–Crippen LogP) is 2.03. The molecule has 1 aliphatic heterocycles. The van der Waals surface area contributed by atoms with E-state index in [0.717, 1.165) is 25.9 Å². The summed E-state index contributed by atoms with van der Waals surface area (Å²) in [5.41, 5.74) is 0.853. The minimum atomic E-state index is -0.345. The van der Waals surface area contributed by atoms with E-state index in [4.69, 9.17) is 0 Å². The number of halogens is 1. The minimum Gasteiger partial charge on any atom is -0.337 e. The molecular weight excluding hydrogens is 259 g/mol. The van der Waals surface area contributed by atoms with Crippen LogP contribution in [0.1, 0.15) is 29.8 Å². The van der Waals surface area contributed by atoms with Gasteiger partial charge in [0.05, 0.1) is 11.9 Å². The van der Waals surface area contributed by atoms with Gasteiger partial charge >= 0.3 is 0 Å². The Morgan fingerprint density at radius 1 is 1.20 bits per heavy atom. The molecule has 5 nitrogen and oxygen atoms in total. The van der Waals surface area contributed by atoms with E-state index in [9.17, 15) is 9.18 Å². The van der Waals surface area contributed by atoms with Gasteiger partial charge in [0.25, 0.3) is 5.91 Å². The topological polar surface area (TPSA) is 51.0 Å². The van der Waals surface area contributed by atoms with Crippen LogP contribution in [0.15, 0.2) is 30.5 Å². The van der Waals surface area contributed by atoms with Gasteiger partial charge in [-0.25, -0.2) is 9.07 Å². The first-order valence-electron chi connectivity index (χ1n) is 6.71. The molecule has 1 aliphatic rings. The number of carbonyl (C=O) groups excluding carboxylic acids is 1. The summed E-state index contributed by atoms with van der Waals surface area (Å²) >= 11 is 0. The average molecular weight is 274 g/mol. The van der Waals surface area contributed by atoms with E-state index in [1.807, 2.05) is 0 Å².